The first-order valence-corrected chi connectivity index (χ1v) is 15.9. The van der Waals surface area contributed by atoms with E-state index in [1.54, 1.807) is 23.9 Å². The third-order valence-corrected chi connectivity index (χ3v) is 8.27. The zero-order valence-corrected chi connectivity index (χ0v) is 24.8. The lowest BCUT2D eigenvalue weighted by Crippen LogP contribution is -2.17. The smallest absolute Gasteiger partial charge is 0.257 e. The number of thioether (sulfide) groups is 1. The average Bonchev–Trinajstić information content (AvgIpc) is 3.31. The van der Waals surface area contributed by atoms with Gasteiger partial charge in [-0.05, 0) is 54.6 Å². The SMILES string of the molecule is CCCCCCCCCCCCCCOc1ccc(C(=O)Nc2cccc(CN3CSC=C3C)c2)c(Cl)c1. The van der Waals surface area contributed by atoms with Crippen LogP contribution in [0.5, 0.6) is 5.75 Å². The first-order chi connectivity index (χ1) is 18.6. The molecule has 3 rings (SSSR count). The Labute approximate surface area is 239 Å². The Morgan fingerprint density at radius 1 is 0.947 bits per heavy atom. The summed E-state index contributed by atoms with van der Waals surface area (Å²) in [5.74, 6) is 1.46. The van der Waals surface area contributed by atoms with Gasteiger partial charge in [-0.25, -0.2) is 0 Å². The number of unbranched alkanes of at least 4 members (excludes halogenated alkanes) is 11. The summed E-state index contributed by atoms with van der Waals surface area (Å²) in [5, 5.41) is 5.57. The fourth-order valence-corrected chi connectivity index (χ4v) is 5.86. The van der Waals surface area contributed by atoms with Crippen molar-refractivity contribution in [2.45, 2.75) is 97.4 Å². The molecular formula is C32H45ClN2O2S. The van der Waals surface area contributed by atoms with Crippen LogP contribution < -0.4 is 10.1 Å². The molecule has 0 atom stereocenters. The minimum Gasteiger partial charge on any atom is -0.494 e. The molecule has 38 heavy (non-hydrogen) atoms. The summed E-state index contributed by atoms with van der Waals surface area (Å²) in [4.78, 5) is 15.2. The van der Waals surface area contributed by atoms with E-state index in [0.717, 1.165) is 30.1 Å². The van der Waals surface area contributed by atoms with Crippen molar-refractivity contribution in [3.8, 4) is 5.75 Å². The number of halogens is 1. The first-order valence-electron chi connectivity index (χ1n) is 14.4. The quantitative estimate of drug-likeness (QED) is 0.185. The lowest BCUT2D eigenvalue weighted by Gasteiger charge is -2.19. The van der Waals surface area contributed by atoms with Crippen molar-refractivity contribution in [3.05, 3.63) is 69.7 Å². The Balaban J connectivity index is 1.32. The van der Waals surface area contributed by atoms with E-state index in [9.17, 15) is 4.79 Å². The van der Waals surface area contributed by atoms with Crippen LogP contribution >= 0.6 is 23.4 Å². The molecule has 0 spiro atoms. The number of hydrogen-bond donors (Lipinski definition) is 1. The highest BCUT2D eigenvalue weighted by Gasteiger charge is 2.14. The Hall–Kier alpha value is -2.11. The van der Waals surface area contributed by atoms with Gasteiger partial charge >= 0.3 is 0 Å². The highest BCUT2D eigenvalue weighted by molar-refractivity contribution is 8.02. The van der Waals surface area contributed by atoms with Gasteiger partial charge in [-0.3, -0.25) is 4.79 Å². The molecule has 4 nitrogen and oxygen atoms in total. The summed E-state index contributed by atoms with van der Waals surface area (Å²) in [6, 6.07) is 13.3. The van der Waals surface area contributed by atoms with E-state index in [1.165, 1.54) is 76.3 Å². The second kappa shape index (κ2) is 17.5. The van der Waals surface area contributed by atoms with Gasteiger partial charge in [0, 0.05) is 17.9 Å². The molecule has 0 radical (unpaired) electrons. The standard InChI is InChI=1S/C32H45ClN2O2S/c1-3-4-5-6-7-8-9-10-11-12-13-14-20-37-29-18-19-30(31(33)22-29)32(36)34-28-17-15-16-27(21-28)23-35-25-38-24-26(35)2/h15-19,21-22,24H,3-14,20,23,25H2,1-2H3,(H,34,36). The molecule has 2 aromatic rings. The van der Waals surface area contributed by atoms with Crippen molar-refractivity contribution in [1.29, 1.82) is 0 Å². The molecule has 1 aliphatic heterocycles. The Kier molecular flexibility index (Phi) is 14.0. The summed E-state index contributed by atoms with van der Waals surface area (Å²) in [7, 11) is 0. The largest absolute Gasteiger partial charge is 0.494 e. The molecule has 1 N–H and O–H groups in total. The molecule has 0 fully saturated rings. The molecule has 0 bridgehead atoms. The third kappa shape index (κ3) is 10.9. The van der Waals surface area contributed by atoms with Gasteiger partial charge in [0.2, 0.25) is 0 Å². The van der Waals surface area contributed by atoms with Crippen LogP contribution in [0.15, 0.2) is 53.6 Å². The van der Waals surface area contributed by atoms with Crippen LogP contribution in [0, 0.1) is 0 Å². The number of amides is 1. The molecular weight excluding hydrogens is 512 g/mol. The normalized spacial score (nSPS) is 13.0. The van der Waals surface area contributed by atoms with Gasteiger partial charge in [0.25, 0.3) is 5.91 Å². The number of hydrogen-bond acceptors (Lipinski definition) is 4. The van der Waals surface area contributed by atoms with Crippen molar-refractivity contribution in [3.63, 3.8) is 0 Å². The molecule has 1 amide bonds. The number of carbonyl (C=O) groups excluding carboxylic acids is 1. The Morgan fingerprint density at radius 3 is 2.26 bits per heavy atom. The fraction of sp³-hybridized carbons (Fsp3) is 0.531. The van der Waals surface area contributed by atoms with Gasteiger partial charge < -0.3 is 15.0 Å². The molecule has 6 heteroatoms. The maximum Gasteiger partial charge on any atom is 0.257 e. The first kappa shape index (κ1) is 30.4. The number of allylic oxidation sites excluding steroid dienone is 1. The van der Waals surface area contributed by atoms with Crippen molar-refractivity contribution in [1.82, 2.24) is 4.90 Å². The average molecular weight is 557 g/mol. The van der Waals surface area contributed by atoms with E-state index in [0.29, 0.717) is 22.9 Å². The van der Waals surface area contributed by atoms with E-state index >= 15 is 0 Å². The monoisotopic (exact) mass is 556 g/mol. The molecule has 0 saturated carbocycles. The minimum absolute atomic E-state index is 0.215. The minimum atomic E-state index is -0.215. The highest BCUT2D eigenvalue weighted by atomic mass is 35.5. The lowest BCUT2D eigenvalue weighted by molar-refractivity contribution is 0.102. The predicted molar refractivity (Wildman–Crippen MR) is 164 cm³/mol. The number of anilines is 1. The van der Waals surface area contributed by atoms with Gasteiger partial charge in [0.1, 0.15) is 5.75 Å². The molecule has 0 saturated heterocycles. The molecule has 0 unspecified atom stereocenters. The second-order valence-corrected chi connectivity index (χ2v) is 11.5. The second-order valence-electron chi connectivity index (χ2n) is 10.3. The van der Waals surface area contributed by atoms with Gasteiger partial charge in [-0.15, -0.1) is 11.8 Å². The number of benzene rings is 2. The maximum atomic E-state index is 12.9. The zero-order chi connectivity index (χ0) is 27.0. The van der Waals surface area contributed by atoms with Crippen molar-refractivity contribution in [2.75, 3.05) is 17.8 Å². The van der Waals surface area contributed by atoms with Crippen molar-refractivity contribution in [2.24, 2.45) is 0 Å². The van der Waals surface area contributed by atoms with Crippen LogP contribution in [0.1, 0.15) is 107 Å². The number of nitrogens with one attached hydrogen (secondary N) is 1. The third-order valence-electron chi connectivity index (χ3n) is 6.99. The van der Waals surface area contributed by atoms with Crippen LogP contribution in [0.4, 0.5) is 5.69 Å². The summed E-state index contributed by atoms with van der Waals surface area (Å²) in [5.41, 5.74) is 3.65. The van der Waals surface area contributed by atoms with Crippen molar-refractivity contribution >= 4 is 35.0 Å². The van der Waals surface area contributed by atoms with E-state index in [2.05, 4.69) is 35.5 Å². The predicted octanol–water partition coefficient (Wildman–Crippen LogP) is 10.0. The van der Waals surface area contributed by atoms with Gasteiger partial charge in [-0.1, -0.05) is 101 Å². The maximum absolute atomic E-state index is 12.9. The summed E-state index contributed by atoms with van der Waals surface area (Å²) >= 11 is 8.26. The van der Waals surface area contributed by atoms with E-state index in [1.807, 2.05) is 24.3 Å². The summed E-state index contributed by atoms with van der Waals surface area (Å²) in [6.07, 6.45) is 15.9. The van der Waals surface area contributed by atoms with Crippen LogP contribution in [0.3, 0.4) is 0 Å². The van der Waals surface area contributed by atoms with Crippen LogP contribution in [0.25, 0.3) is 0 Å². The van der Waals surface area contributed by atoms with E-state index < -0.39 is 0 Å². The number of rotatable bonds is 18. The van der Waals surface area contributed by atoms with Crippen LogP contribution in [-0.2, 0) is 6.54 Å². The Morgan fingerprint density at radius 2 is 1.63 bits per heavy atom. The van der Waals surface area contributed by atoms with Crippen LogP contribution in [0.2, 0.25) is 5.02 Å². The number of nitrogens with zero attached hydrogens (tertiary/aromatic N) is 1. The fourth-order valence-electron chi connectivity index (χ4n) is 4.66. The number of ether oxygens (including phenoxy) is 1. The van der Waals surface area contributed by atoms with Gasteiger partial charge in [0.15, 0.2) is 0 Å². The van der Waals surface area contributed by atoms with Crippen molar-refractivity contribution < 1.29 is 9.53 Å². The van der Waals surface area contributed by atoms with E-state index in [4.69, 9.17) is 16.3 Å². The molecule has 2 aromatic carbocycles. The molecule has 1 aliphatic rings. The summed E-state index contributed by atoms with van der Waals surface area (Å²) < 4.78 is 5.89. The number of carbonyl (C=O) groups is 1. The molecule has 208 valence electrons. The Bertz CT molecular complexity index is 1030. The topological polar surface area (TPSA) is 41.6 Å². The van der Waals surface area contributed by atoms with E-state index in [-0.39, 0.29) is 5.91 Å². The van der Waals surface area contributed by atoms with Gasteiger partial charge in [0.05, 0.1) is 23.1 Å². The van der Waals surface area contributed by atoms with Gasteiger partial charge in [-0.2, -0.15) is 0 Å². The molecule has 0 aliphatic carbocycles. The summed E-state index contributed by atoms with van der Waals surface area (Å²) in [6.45, 7) is 5.90. The zero-order valence-electron chi connectivity index (χ0n) is 23.3. The lowest BCUT2D eigenvalue weighted by atomic mass is 10.1. The molecule has 1 heterocycles. The van der Waals surface area contributed by atoms with Crippen LogP contribution in [-0.4, -0.2) is 23.3 Å². The highest BCUT2D eigenvalue weighted by Crippen LogP contribution is 2.26. The molecule has 0 aromatic heterocycles.